The Morgan fingerprint density at radius 1 is 1.46 bits per heavy atom. The third kappa shape index (κ3) is 2.56. The highest BCUT2D eigenvalue weighted by atomic mass is 79.9. The predicted octanol–water partition coefficient (Wildman–Crippen LogP) is 2.77. The summed E-state index contributed by atoms with van der Waals surface area (Å²) in [5.74, 6) is -1.21. The summed E-state index contributed by atoms with van der Waals surface area (Å²) in [6, 6.07) is 7.58. The molecule has 2 nitrogen and oxygen atoms in total. The van der Waals surface area contributed by atoms with Gasteiger partial charge in [-0.25, -0.2) is 0 Å². The first-order valence-electron chi connectivity index (χ1n) is 4.02. The Morgan fingerprint density at radius 3 is 2.38 bits per heavy atom. The number of aliphatic carboxylic acids is 1. The molecule has 0 saturated carbocycles. The highest BCUT2D eigenvalue weighted by molar-refractivity contribution is 9.08. The third-order valence-corrected chi connectivity index (χ3v) is 2.65. The lowest BCUT2D eigenvalue weighted by Gasteiger charge is -2.06. The lowest BCUT2D eigenvalue weighted by Crippen LogP contribution is -2.06. The molecule has 0 radical (unpaired) electrons. The maximum Gasteiger partial charge on any atom is 0.310 e. The molecule has 1 rings (SSSR count). The van der Waals surface area contributed by atoms with Gasteiger partial charge in [0, 0.05) is 5.33 Å². The van der Waals surface area contributed by atoms with Crippen molar-refractivity contribution in [2.24, 2.45) is 0 Å². The molecule has 0 aliphatic heterocycles. The van der Waals surface area contributed by atoms with Crippen LogP contribution in [0.2, 0.25) is 0 Å². The molecule has 0 amide bonds. The highest BCUT2D eigenvalue weighted by Gasteiger charge is 2.12. The van der Waals surface area contributed by atoms with E-state index >= 15 is 0 Å². The summed E-state index contributed by atoms with van der Waals surface area (Å²) in [6.07, 6.45) is 0. The Balaban J connectivity index is 2.85. The number of halogens is 1. The van der Waals surface area contributed by atoms with Gasteiger partial charge in [-0.1, -0.05) is 40.2 Å². The Morgan fingerprint density at radius 2 is 2.00 bits per heavy atom. The molecule has 3 heteroatoms. The topological polar surface area (TPSA) is 37.3 Å². The average Bonchev–Trinajstić information content (AvgIpc) is 2.17. The molecule has 0 bridgehead atoms. The van der Waals surface area contributed by atoms with Gasteiger partial charge in [0.2, 0.25) is 0 Å². The summed E-state index contributed by atoms with van der Waals surface area (Å²) in [6.45, 7) is 1.69. The number of hydrogen-bond acceptors (Lipinski definition) is 1. The van der Waals surface area contributed by atoms with Crippen LogP contribution in [0.25, 0.3) is 0 Å². The van der Waals surface area contributed by atoms with Gasteiger partial charge >= 0.3 is 5.97 Å². The summed E-state index contributed by atoms with van der Waals surface area (Å²) in [5, 5.41) is 9.55. The van der Waals surface area contributed by atoms with Gasteiger partial charge in [0.25, 0.3) is 0 Å². The van der Waals surface area contributed by atoms with E-state index in [1.54, 1.807) is 6.92 Å². The smallest absolute Gasteiger partial charge is 0.310 e. The van der Waals surface area contributed by atoms with Gasteiger partial charge in [0.1, 0.15) is 0 Å². The minimum Gasteiger partial charge on any atom is -0.481 e. The summed E-state index contributed by atoms with van der Waals surface area (Å²) in [5.41, 5.74) is 2.00. The number of hydrogen-bond donors (Lipinski definition) is 1. The standard InChI is InChI=1S/C10H11BrO2/c1-7(10(12)13)9-4-2-8(6-11)3-5-9/h2-5,7H,6H2,1H3,(H,12,13). The van der Waals surface area contributed by atoms with Crippen molar-refractivity contribution in [3.8, 4) is 0 Å². The zero-order valence-corrected chi connectivity index (χ0v) is 8.91. The van der Waals surface area contributed by atoms with Gasteiger partial charge in [-0.05, 0) is 18.1 Å². The molecular formula is C10H11BrO2. The first kappa shape index (κ1) is 10.3. The van der Waals surface area contributed by atoms with Crippen LogP contribution in [0, 0.1) is 0 Å². The Labute approximate surface area is 85.7 Å². The minimum absolute atomic E-state index is 0.427. The Hall–Kier alpha value is -0.830. The van der Waals surface area contributed by atoms with Gasteiger partial charge < -0.3 is 5.11 Å². The Kier molecular flexibility index (Phi) is 3.48. The number of carboxylic acids is 1. The highest BCUT2D eigenvalue weighted by Crippen LogP contribution is 2.16. The van der Waals surface area contributed by atoms with E-state index < -0.39 is 11.9 Å². The van der Waals surface area contributed by atoms with Crippen LogP contribution >= 0.6 is 15.9 Å². The van der Waals surface area contributed by atoms with Crippen LogP contribution in [0.4, 0.5) is 0 Å². The molecule has 1 aromatic rings. The summed E-state index contributed by atoms with van der Waals surface area (Å²) in [7, 11) is 0. The monoisotopic (exact) mass is 242 g/mol. The second kappa shape index (κ2) is 4.42. The second-order valence-electron chi connectivity index (χ2n) is 2.94. The average molecular weight is 243 g/mol. The molecule has 0 fully saturated rings. The number of rotatable bonds is 3. The van der Waals surface area contributed by atoms with Crippen LogP contribution < -0.4 is 0 Å². The Bertz CT molecular complexity index is 292. The first-order chi connectivity index (χ1) is 6.15. The maximum absolute atomic E-state index is 10.6. The zero-order valence-electron chi connectivity index (χ0n) is 7.33. The van der Waals surface area contributed by atoms with Crippen molar-refractivity contribution < 1.29 is 9.90 Å². The molecule has 0 aliphatic rings. The molecule has 0 aromatic heterocycles. The van der Waals surface area contributed by atoms with Crippen molar-refractivity contribution in [1.29, 1.82) is 0 Å². The molecule has 1 aromatic carbocycles. The quantitative estimate of drug-likeness (QED) is 0.829. The zero-order chi connectivity index (χ0) is 9.84. The predicted molar refractivity (Wildman–Crippen MR) is 55.1 cm³/mol. The van der Waals surface area contributed by atoms with Crippen LogP contribution in [-0.2, 0) is 10.1 Å². The van der Waals surface area contributed by atoms with E-state index in [2.05, 4.69) is 15.9 Å². The van der Waals surface area contributed by atoms with Crippen molar-refractivity contribution in [1.82, 2.24) is 0 Å². The van der Waals surface area contributed by atoms with Gasteiger partial charge in [0.05, 0.1) is 5.92 Å². The largest absolute Gasteiger partial charge is 0.481 e. The van der Waals surface area contributed by atoms with Crippen molar-refractivity contribution in [2.45, 2.75) is 18.2 Å². The number of carboxylic acid groups (broad SMARTS) is 1. The summed E-state index contributed by atoms with van der Waals surface area (Å²) >= 11 is 3.33. The van der Waals surface area contributed by atoms with Crippen molar-refractivity contribution >= 4 is 21.9 Å². The maximum atomic E-state index is 10.6. The van der Waals surface area contributed by atoms with E-state index in [0.29, 0.717) is 0 Å². The summed E-state index contributed by atoms with van der Waals surface area (Å²) < 4.78 is 0. The fourth-order valence-corrected chi connectivity index (χ4v) is 1.41. The van der Waals surface area contributed by atoms with Crippen molar-refractivity contribution in [3.63, 3.8) is 0 Å². The molecule has 13 heavy (non-hydrogen) atoms. The normalized spacial score (nSPS) is 12.5. The SMILES string of the molecule is CC(C(=O)O)c1ccc(CBr)cc1. The molecule has 0 heterocycles. The van der Waals surface area contributed by atoms with Gasteiger partial charge in [0.15, 0.2) is 0 Å². The van der Waals surface area contributed by atoms with Crippen LogP contribution in [0.3, 0.4) is 0 Å². The first-order valence-corrected chi connectivity index (χ1v) is 5.15. The molecule has 1 N–H and O–H groups in total. The number of benzene rings is 1. The van der Waals surface area contributed by atoms with E-state index in [0.717, 1.165) is 16.5 Å². The van der Waals surface area contributed by atoms with E-state index in [1.807, 2.05) is 24.3 Å². The van der Waals surface area contributed by atoms with Gasteiger partial charge in [-0.15, -0.1) is 0 Å². The third-order valence-electron chi connectivity index (χ3n) is 2.00. The van der Waals surface area contributed by atoms with Gasteiger partial charge in [-0.2, -0.15) is 0 Å². The fraction of sp³-hybridized carbons (Fsp3) is 0.300. The van der Waals surface area contributed by atoms with Crippen LogP contribution in [-0.4, -0.2) is 11.1 Å². The number of alkyl halides is 1. The van der Waals surface area contributed by atoms with Crippen molar-refractivity contribution in [2.75, 3.05) is 0 Å². The number of carbonyl (C=O) groups is 1. The molecular weight excluding hydrogens is 232 g/mol. The minimum atomic E-state index is -0.786. The molecule has 70 valence electrons. The molecule has 0 aliphatic carbocycles. The van der Waals surface area contributed by atoms with E-state index in [4.69, 9.17) is 5.11 Å². The van der Waals surface area contributed by atoms with Crippen molar-refractivity contribution in [3.05, 3.63) is 35.4 Å². The van der Waals surface area contributed by atoms with Crippen LogP contribution in [0.5, 0.6) is 0 Å². The lowest BCUT2D eigenvalue weighted by atomic mass is 10.0. The summed E-state index contributed by atoms with van der Waals surface area (Å²) in [4.78, 5) is 10.6. The van der Waals surface area contributed by atoms with E-state index in [1.165, 1.54) is 0 Å². The molecule has 1 atom stereocenters. The van der Waals surface area contributed by atoms with Crippen LogP contribution in [0.15, 0.2) is 24.3 Å². The van der Waals surface area contributed by atoms with E-state index in [9.17, 15) is 4.79 Å². The second-order valence-corrected chi connectivity index (χ2v) is 3.50. The molecule has 1 unspecified atom stereocenters. The molecule has 0 saturated heterocycles. The lowest BCUT2D eigenvalue weighted by molar-refractivity contribution is -0.138. The van der Waals surface area contributed by atoms with Gasteiger partial charge in [-0.3, -0.25) is 4.79 Å². The van der Waals surface area contributed by atoms with E-state index in [-0.39, 0.29) is 0 Å². The van der Waals surface area contributed by atoms with Crippen LogP contribution in [0.1, 0.15) is 24.0 Å². The molecule has 0 spiro atoms. The fourth-order valence-electron chi connectivity index (χ4n) is 1.04.